The Kier molecular flexibility index (Phi) is 3.00. The van der Waals surface area contributed by atoms with E-state index in [1.807, 2.05) is 36.2 Å². The summed E-state index contributed by atoms with van der Waals surface area (Å²) in [5, 5.41) is 11.0. The Morgan fingerprint density at radius 2 is 2.16 bits per heavy atom. The van der Waals surface area contributed by atoms with Crippen molar-refractivity contribution in [2.45, 2.75) is 6.42 Å². The Balaban J connectivity index is 1.55. The molecule has 0 saturated heterocycles. The van der Waals surface area contributed by atoms with Crippen molar-refractivity contribution in [3.8, 4) is 11.3 Å². The van der Waals surface area contributed by atoms with E-state index in [2.05, 4.69) is 43.9 Å². The topological polar surface area (TPSA) is 72.1 Å². The molecular formula is C18H17N7. The third kappa shape index (κ3) is 2.32. The van der Waals surface area contributed by atoms with Gasteiger partial charge in [-0.3, -0.25) is 9.08 Å². The van der Waals surface area contributed by atoms with E-state index in [1.165, 1.54) is 11.3 Å². The number of rotatable bonds is 3. The minimum atomic E-state index is 0.739. The lowest BCUT2D eigenvalue weighted by atomic mass is 10.1. The lowest BCUT2D eigenvalue weighted by molar-refractivity contribution is 0.768. The quantitative estimate of drug-likeness (QED) is 0.604. The number of imidazole rings is 1. The lowest BCUT2D eigenvalue weighted by Gasteiger charge is -2.09. The molecule has 4 aromatic rings. The van der Waals surface area contributed by atoms with Gasteiger partial charge in [0.25, 0.3) is 0 Å². The third-order valence-electron chi connectivity index (χ3n) is 4.51. The van der Waals surface area contributed by atoms with Gasteiger partial charge in [-0.05, 0) is 30.2 Å². The summed E-state index contributed by atoms with van der Waals surface area (Å²) in [5.41, 5.74) is 6.38. The van der Waals surface area contributed by atoms with Crippen LogP contribution in [0.2, 0.25) is 0 Å². The second kappa shape index (κ2) is 5.34. The molecule has 1 aromatic carbocycles. The summed E-state index contributed by atoms with van der Waals surface area (Å²) in [7, 11) is 1.91. The van der Waals surface area contributed by atoms with E-state index in [1.54, 1.807) is 10.9 Å². The Bertz CT molecular complexity index is 1080. The molecular weight excluding hydrogens is 314 g/mol. The molecule has 25 heavy (non-hydrogen) atoms. The number of anilines is 3. The van der Waals surface area contributed by atoms with E-state index in [0.717, 1.165) is 41.4 Å². The van der Waals surface area contributed by atoms with Crippen LogP contribution >= 0.6 is 0 Å². The molecule has 7 nitrogen and oxygen atoms in total. The molecule has 0 saturated carbocycles. The molecule has 1 aliphatic rings. The van der Waals surface area contributed by atoms with Gasteiger partial charge in [0.05, 0.1) is 18.1 Å². The number of fused-ring (bicyclic) bond motifs is 2. The minimum Gasteiger partial charge on any atom is -0.384 e. The van der Waals surface area contributed by atoms with Gasteiger partial charge in [0.2, 0.25) is 0 Å². The molecule has 5 rings (SSSR count). The monoisotopic (exact) mass is 331 g/mol. The molecule has 124 valence electrons. The van der Waals surface area contributed by atoms with Crippen LogP contribution in [-0.4, -0.2) is 30.7 Å². The summed E-state index contributed by atoms with van der Waals surface area (Å²) in [4.78, 5) is 9.04. The first-order chi connectivity index (χ1) is 12.3. The highest BCUT2D eigenvalue weighted by Crippen LogP contribution is 2.28. The molecule has 3 aromatic heterocycles. The highest BCUT2D eigenvalue weighted by atomic mass is 15.2. The van der Waals surface area contributed by atoms with Crippen LogP contribution in [0.15, 0.2) is 49.2 Å². The van der Waals surface area contributed by atoms with E-state index >= 15 is 0 Å². The molecule has 0 radical (unpaired) electrons. The number of aromatic nitrogens is 5. The molecule has 0 unspecified atom stereocenters. The van der Waals surface area contributed by atoms with Gasteiger partial charge in [-0.15, -0.1) is 0 Å². The second-order valence-electron chi connectivity index (χ2n) is 6.19. The maximum Gasteiger partial charge on any atom is 0.180 e. The SMILES string of the molecule is Cn1cc(-c2cnc3c(Nc4ccc5c(c4)CCN5)nccn23)cn1. The van der Waals surface area contributed by atoms with Gasteiger partial charge in [0.15, 0.2) is 11.5 Å². The van der Waals surface area contributed by atoms with E-state index in [9.17, 15) is 0 Å². The van der Waals surface area contributed by atoms with Crippen molar-refractivity contribution >= 4 is 22.8 Å². The second-order valence-corrected chi connectivity index (χ2v) is 6.19. The lowest BCUT2D eigenvalue weighted by Crippen LogP contribution is -1.99. The Morgan fingerprint density at radius 3 is 3.04 bits per heavy atom. The average molecular weight is 331 g/mol. The summed E-state index contributed by atoms with van der Waals surface area (Å²) in [6.45, 7) is 1.00. The van der Waals surface area contributed by atoms with Gasteiger partial charge in [-0.1, -0.05) is 0 Å². The number of hydrogen-bond donors (Lipinski definition) is 2. The van der Waals surface area contributed by atoms with Crippen LogP contribution in [0, 0.1) is 0 Å². The fourth-order valence-electron chi connectivity index (χ4n) is 3.29. The zero-order valence-electron chi connectivity index (χ0n) is 13.8. The van der Waals surface area contributed by atoms with Crippen molar-refractivity contribution in [1.82, 2.24) is 24.1 Å². The normalized spacial score (nSPS) is 13.0. The summed E-state index contributed by atoms with van der Waals surface area (Å²) in [5.74, 6) is 0.739. The van der Waals surface area contributed by atoms with Gasteiger partial charge >= 0.3 is 0 Å². The fourth-order valence-corrected chi connectivity index (χ4v) is 3.29. The Labute approximate surface area is 144 Å². The molecule has 0 atom stereocenters. The van der Waals surface area contributed by atoms with Crippen molar-refractivity contribution in [1.29, 1.82) is 0 Å². The molecule has 7 heteroatoms. The van der Waals surface area contributed by atoms with Gasteiger partial charge in [-0.2, -0.15) is 5.10 Å². The summed E-state index contributed by atoms with van der Waals surface area (Å²) >= 11 is 0. The van der Waals surface area contributed by atoms with E-state index < -0.39 is 0 Å². The van der Waals surface area contributed by atoms with Crippen LogP contribution in [0.5, 0.6) is 0 Å². The molecule has 0 spiro atoms. The Hall–Kier alpha value is -3.35. The van der Waals surface area contributed by atoms with Crippen molar-refractivity contribution in [2.24, 2.45) is 7.05 Å². The molecule has 0 amide bonds. The summed E-state index contributed by atoms with van der Waals surface area (Å²) in [6, 6.07) is 6.34. The highest BCUT2D eigenvalue weighted by Gasteiger charge is 2.13. The van der Waals surface area contributed by atoms with Crippen LogP contribution in [0.4, 0.5) is 17.2 Å². The largest absolute Gasteiger partial charge is 0.384 e. The summed E-state index contributed by atoms with van der Waals surface area (Å²) in [6.07, 6.45) is 10.4. The van der Waals surface area contributed by atoms with Gasteiger partial charge in [-0.25, -0.2) is 9.97 Å². The number of hydrogen-bond acceptors (Lipinski definition) is 5. The van der Waals surface area contributed by atoms with Gasteiger partial charge in [0, 0.05) is 49.1 Å². The number of nitrogens with zero attached hydrogens (tertiary/aromatic N) is 5. The van der Waals surface area contributed by atoms with E-state index in [0.29, 0.717) is 0 Å². The molecule has 0 fully saturated rings. The number of benzene rings is 1. The van der Waals surface area contributed by atoms with E-state index in [-0.39, 0.29) is 0 Å². The molecule has 2 N–H and O–H groups in total. The smallest absolute Gasteiger partial charge is 0.180 e. The zero-order chi connectivity index (χ0) is 16.8. The van der Waals surface area contributed by atoms with Crippen molar-refractivity contribution in [2.75, 3.05) is 17.2 Å². The van der Waals surface area contributed by atoms with Crippen molar-refractivity contribution < 1.29 is 0 Å². The first-order valence-corrected chi connectivity index (χ1v) is 8.23. The van der Waals surface area contributed by atoms with Gasteiger partial charge < -0.3 is 10.6 Å². The average Bonchev–Trinajstić information content (AvgIpc) is 3.33. The molecule has 4 heterocycles. The highest BCUT2D eigenvalue weighted by molar-refractivity contribution is 5.75. The predicted molar refractivity (Wildman–Crippen MR) is 97.1 cm³/mol. The van der Waals surface area contributed by atoms with E-state index in [4.69, 9.17) is 0 Å². The number of nitrogens with one attached hydrogen (secondary N) is 2. The zero-order valence-corrected chi connectivity index (χ0v) is 13.8. The first kappa shape index (κ1) is 14.0. The maximum absolute atomic E-state index is 4.56. The Morgan fingerprint density at radius 1 is 1.20 bits per heavy atom. The molecule has 0 aliphatic carbocycles. The molecule has 1 aliphatic heterocycles. The summed E-state index contributed by atoms with van der Waals surface area (Å²) < 4.78 is 3.81. The predicted octanol–water partition coefficient (Wildman–Crippen LogP) is 2.84. The van der Waals surface area contributed by atoms with Crippen LogP contribution in [0.25, 0.3) is 16.9 Å². The van der Waals surface area contributed by atoms with Crippen LogP contribution in [-0.2, 0) is 13.5 Å². The first-order valence-electron chi connectivity index (χ1n) is 8.23. The minimum absolute atomic E-state index is 0.739. The van der Waals surface area contributed by atoms with Crippen molar-refractivity contribution in [3.05, 3.63) is 54.7 Å². The van der Waals surface area contributed by atoms with Crippen LogP contribution < -0.4 is 10.6 Å². The van der Waals surface area contributed by atoms with Gasteiger partial charge in [0.1, 0.15) is 0 Å². The van der Waals surface area contributed by atoms with Crippen LogP contribution in [0.3, 0.4) is 0 Å². The number of aryl methyl sites for hydroxylation is 1. The van der Waals surface area contributed by atoms with Crippen molar-refractivity contribution in [3.63, 3.8) is 0 Å². The molecule has 0 bridgehead atoms. The van der Waals surface area contributed by atoms with Crippen LogP contribution in [0.1, 0.15) is 5.56 Å². The standard InChI is InChI=1S/C18H17N7/c1-24-11-13(9-22-24)16-10-21-18-17(20-6-7-25(16)18)23-14-2-3-15-12(8-14)4-5-19-15/h2-3,6-11,19H,4-5H2,1H3,(H,20,23). The third-order valence-corrected chi connectivity index (χ3v) is 4.51. The maximum atomic E-state index is 4.56. The fraction of sp³-hybridized carbons (Fsp3) is 0.167.